The van der Waals surface area contributed by atoms with Crippen molar-refractivity contribution in [1.82, 2.24) is 20.1 Å². The number of anilines is 1. The number of aromatic nitrogens is 3. The molecule has 29 heavy (non-hydrogen) atoms. The number of carbonyl (C=O) groups excluding carboxylic acids is 2. The number of fused-ring (bicyclic) bond motifs is 1. The molecule has 2 aromatic rings. The minimum Gasteiger partial charge on any atom is -0.347 e. The van der Waals surface area contributed by atoms with E-state index in [-0.39, 0.29) is 24.3 Å². The third kappa shape index (κ3) is 4.83. The van der Waals surface area contributed by atoms with E-state index in [0.717, 1.165) is 62.3 Å². The molecule has 7 nitrogen and oxygen atoms in total. The van der Waals surface area contributed by atoms with E-state index in [1.54, 1.807) is 0 Å². The van der Waals surface area contributed by atoms with Crippen molar-refractivity contribution in [2.45, 2.75) is 64.3 Å². The van der Waals surface area contributed by atoms with E-state index in [4.69, 9.17) is 0 Å². The second-order valence-electron chi connectivity index (χ2n) is 8.08. The van der Waals surface area contributed by atoms with Crippen molar-refractivity contribution in [3.8, 4) is 11.4 Å². The summed E-state index contributed by atoms with van der Waals surface area (Å²) in [5.41, 5.74) is 1.70. The van der Waals surface area contributed by atoms with Crippen LogP contribution in [0.5, 0.6) is 0 Å². The standard InChI is InChI=1S/C22H29N5O2/c28-20(15-23-22(29)17-7-3-1-4-8-17)24-18-12-10-16(11-13-18)21-26-25-19-9-5-2-6-14-27(19)21/h10-13,17H,1-9,14-15H2,(H,23,29)(H,24,28). The van der Waals surface area contributed by atoms with Crippen LogP contribution in [0.15, 0.2) is 24.3 Å². The van der Waals surface area contributed by atoms with Crippen LogP contribution in [-0.4, -0.2) is 33.1 Å². The second kappa shape index (κ2) is 9.20. The molecule has 1 fully saturated rings. The highest BCUT2D eigenvalue weighted by molar-refractivity contribution is 5.95. The molecule has 154 valence electrons. The molecule has 2 amide bonds. The normalized spacial score (nSPS) is 17.2. The Kier molecular flexibility index (Phi) is 6.22. The first kappa shape index (κ1) is 19.6. The van der Waals surface area contributed by atoms with Crippen LogP contribution in [0.3, 0.4) is 0 Å². The van der Waals surface area contributed by atoms with Crippen molar-refractivity contribution in [2.24, 2.45) is 5.92 Å². The van der Waals surface area contributed by atoms with E-state index in [2.05, 4.69) is 25.4 Å². The largest absolute Gasteiger partial charge is 0.347 e. The van der Waals surface area contributed by atoms with Gasteiger partial charge in [-0.15, -0.1) is 10.2 Å². The zero-order valence-electron chi connectivity index (χ0n) is 16.8. The van der Waals surface area contributed by atoms with Gasteiger partial charge in [0.15, 0.2) is 5.82 Å². The highest BCUT2D eigenvalue weighted by Gasteiger charge is 2.21. The highest BCUT2D eigenvalue weighted by atomic mass is 16.2. The van der Waals surface area contributed by atoms with Crippen LogP contribution in [0.4, 0.5) is 5.69 Å². The van der Waals surface area contributed by atoms with Gasteiger partial charge in [-0.1, -0.05) is 25.7 Å². The van der Waals surface area contributed by atoms with Gasteiger partial charge in [0.05, 0.1) is 6.54 Å². The highest BCUT2D eigenvalue weighted by Crippen LogP contribution is 2.25. The lowest BCUT2D eigenvalue weighted by molar-refractivity contribution is -0.128. The minimum absolute atomic E-state index is 0.00250. The van der Waals surface area contributed by atoms with Crippen LogP contribution in [-0.2, 0) is 22.6 Å². The van der Waals surface area contributed by atoms with Crippen LogP contribution in [0.1, 0.15) is 57.2 Å². The average molecular weight is 396 g/mol. The molecule has 1 aromatic heterocycles. The number of amides is 2. The first-order valence-electron chi connectivity index (χ1n) is 10.8. The molecule has 2 aliphatic rings. The van der Waals surface area contributed by atoms with E-state index in [0.29, 0.717) is 5.69 Å². The fraction of sp³-hybridized carbons (Fsp3) is 0.545. The summed E-state index contributed by atoms with van der Waals surface area (Å²) < 4.78 is 2.21. The van der Waals surface area contributed by atoms with Gasteiger partial charge >= 0.3 is 0 Å². The Morgan fingerprint density at radius 3 is 2.52 bits per heavy atom. The monoisotopic (exact) mass is 395 g/mol. The van der Waals surface area contributed by atoms with Crippen molar-refractivity contribution in [1.29, 1.82) is 0 Å². The van der Waals surface area contributed by atoms with Crippen LogP contribution in [0, 0.1) is 5.92 Å². The van der Waals surface area contributed by atoms with Crippen molar-refractivity contribution in [3.63, 3.8) is 0 Å². The molecule has 7 heteroatoms. The van der Waals surface area contributed by atoms with Crippen molar-refractivity contribution >= 4 is 17.5 Å². The lowest BCUT2D eigenvalue weighted by atomic mass is 9.89. The molecule has 0 spiro atoms. The number of hydrogen-bond donors (Lipinski definition) is 2. The maximum absolute atomic E-state index is 12.2. The Hall–Kier alpha value is -2.70. The molecular formula is C22H29N5O2. The number of nitrogens with one attached hydrogen (secondary N) is 2. The van der Waals surface area contributed by atoms with Gasteiger partial charge in [-0.3, -0.25) is 9.59 Å². The van der Waals surface area contributed by atoms with E-state index in [1.807, 2.05) is 24.3 Å². The van der Waals surface area contributed by atoms with Crippen molar-refractivity contribution in [2.75, 3.05) is 11.9 Å². The quantitative estimate of drug-likeness (QED) is 0.813. The lowest BCUT2D eigenvalue weighted by Crippen LogP contribution is -2.37. The Morgan fingerprint density at radius 1 is 0.966 bits per heavy atom. The summed E-state index contributed by atoms with van der Waals surface area (Å²) in [7, 11) is 0. The molecule has 2 heterocycles. The van der Waals surface area contributed by atoms with Gasteiger partial charge in [0.25, 0.3) is 0 Å². The molecule has 0 saturated heterocycles. The van der Waals surface area contributed by atoms with Crippen molar-refractivity contribution in [3.05, 3.63) is 30.1 Å². The molecule has 0 atom stereocenters. The summed E-state index contributed by atoms with van der Waals surface area (Å²) in [6.45, 7) is 0.964. The Labute approximate surface area is 171 Å². The smallest absolute Gasteiger partial charge is 0.243 e. The zero-order chi connectivity index (χ0) is 20.1. The molecule has 0 bridgehead atoms. The Bertz CT molecular complexity index is 853. The third-order valence-electron chi connectivity index (χ3n) is 5.94. The number of benzene rings is 1. The fourth-order valence-electron chi connectivity index (χ4n) is 4.28. The van der Waals surface area contributed by atoms with E-state index in [9.17, 15) is 9.59 Å². The first-order valence-corrected chi connectivity index (χ1v) is 10.8. The maximum atomic E-state index is 12.2. The van der Waals surface area contributed by atoms with Gasteiger partial charge in [0.1, 0.15) is 5.82 Å². The van der Waals surface area contributed by atoms with Crippen LogP contribution < -0.4 is 10.6 Å². The summed E-state index contributed by atoms with van der Waals surface area (Å²) in [5, 5.41) is 14.3. The second-order valence-corrected chi connectivity index (χ2v) is 8.08. The topological polar surface area (TPSA) is 88.9 Å². The minimum atomic E-state index is -0.210. The predicted molar refractivity (Wildman–Crippen MR) is 111 cm³/mol. The lowest BCUT2D eigenvalue weighted by Gasteiger charge is -2.20. The molecule has 2 N–H and O–H groups in total. The maximum Gasteiger partial charge on any atom is 0.243 e. The Balaban J connectivity index is 1.32. The summed E-state index contributed by atoms with van der Waals surface area (Å²) in [5.74, 6) is 1.80. The molecule has 1 aliphatic heterocycles. The zero-order valence-corrected chi connectivity index (χ0v) is 16.8. The number of hydrogen-bond acceptors (Lipinski definition) is 4. The molecule has 1 saturated carbocycles. The number of nitrogens with zero attached hydrogens (tertiary/aromatic N) is 3. The van der Waals surface area contributed by atoms with Gasteiger partial charge in [0.2, 0.25) is 11.8 Å². The SMILES string of the molecule is O=C(CNC(=O)C1CCCCC1)Nc1ccc(-c2nnc3n2CCCCC3)cc1. The summed E-state index contributed by atoms with van der Waals surface area (Å²) >= 11 is 0. The van der Waals surface area contributed by atoms with Gasteiger partial charge < -0.3 is 15.2 Å². The molecule has 4 rings (SSSR count). The molecule has 0 unspecified atom stereocenters. The van der Waals surface area contributed by atoms with Crippen LogP contribution in [0.25, 0.3) is 11.4 Å². The molecule has 1 aliphatic carbocycles. The summed E-state index contributed by atoms with van der Waals surface area (Å²) in [6, 6.07) is 7.65. The number of aryl methyl sites for hydroxylation is 1. The van der Waals surface area contributed by atoms with Gasteiger partial charge in [-0.25, -0.2) is 0 Å². The molecule has 0 radical (unpaired) electrons. The average Bonchev–Trinajstić information content (AvgIpc) is 3.01. The van der Waals surface area contributed by atoms with E-state index >= 15 is 0 Å². The molecule has 1 aromatic carbocycles. The number of carbonyl (C=O) groups is 2. The summed E-state index contributed by atoms with van der Waals surface area (Å²) in [6.07, 6.45) is 9.80. The van der Waals surface area contributed by atoms with Gasteiger partial charge in [-0.05, 0) is 49.9 Å². The third-order valence-corrected chi connectivity index (χ3v) is 5.94. The fourth-order valence-corrected chi connectivity index (χ4v) is 4.28. The predicted octanol–water partition coefficient (Wildman–Crippen LogP) is 3.31. The van der Waals surface area contributed by atoms with E-state index in [1.165, 1.54) is 19.3 Å². The Morgan fingerprint density at radius 2 is 1.72 bits per heavy atom. The van der Waals surface area contributed by atoms with Crippen molar-refractivity contribution < 1.29 is 9.59 Å². The molecular weight excluding hydrogens is 366 g/mol. The van der Waals surface area contributed by atoms with E-state index < -0.39 is 0 Å². The summed E-state index contributed by atoms with van der Waals surface area (Å²) in [4.78, 5) is 24.4. The van der Waals surface area contributed by atoms with Crippen LogP contribution in [0.2, 0.25) is 0 Å². The van der Waals surface area contributed by atoms with Gasteiger partial charge in [0, 0.05) is 30.1 Å². The van der Waals surface area contributed by atoms with Gasteiger partial charge in [-0.2, -0.15) is 0 Å². The first-order chi connectivity index (χ1) is 14.2. The van der Waals surface area contributed by atoms with Crippen LogP contribution >= 0.6 is 0 Å². The number of rotatable bonds is 5.